The standard InChI is InChI=1S/C20H29NO/c1-13(2)22-14-9-10-17-15(11-14)16(19(3,4)5)12-18(21-17)20(6,7)8/h9-13H,1-8H3. The lowest BCUT2D eigenvalue weighted by molar-refractivity contribution is 0.242. The van der Waals surface area contributed by atoms with E-state index in [1.807, 2.05) is 6.07 Å². The molecule has 1 heterocycles. The van der Waals surface area contributed by atoms with Crippen LogP contribution in [0.2, 0.25) is 0 Å². The number of hydrogen-bond donors (Lipinski definition) is 0. The number of pyridine rings is 1. The molecule has 0 bridgehead atoms. The Kier molecular flexibility index (Phi) is 4.25. The van der Waals surface area contributed by atoms with Gasteiger partial charge in [0.25, 0.3) is 0 Å². The molecule has 0 atom stereocenters. The van der Waals surface area contributed by atoms with Gasteiger partial charge in [-0.15, -0.1) is 0 Å². The monoisotopic (exact) mass is 299 g/mol. The zero-order chi connectivity index (χ0) is 16.7. The van der Waals surface area contributed by atoms with E-state index < -0.39 is 0 Å². The molecule has 2 aromatic rings. The Morgan fingerprint density at radius 2 is 1.55 bits per heavy atom. The molecule has 0 aliphatic rings. The fourth-order valence-electron chi connectivity index (χ4n) is 2.56. The Hall–Kier alpha value is -1.57. The lowest BCUT2D eigenvalue weighted by Crippen LogP contribution is -2.18. The molecule has 0 amide bonds. The fraction of sp³-hybridized carbons (Fsp3) is 0.550. The van der Waals surface area contributed by atoms with Crippen molar-refractivity contribution in [3.63, 3.8) is 0 Å². The first-order chi connectivity index (χ1) is 9.98. The molecule has 0 spiro atoms. The number of ether oxygens (including phenoxy) is 1. The van der Waals surface area contributed by atoms with Gasteiger partial charge in [0, 0.05) is 16.5 Å². The van der Waals surface area contributed by atoms with Crippen LogP contribution in [-0.4, -0.2) is 11.1 Å². The molecule has 0 aliphatic carbocycles. The van der Waals surface area contributed by atoms with Gasteiger partial charge in [-0.3, -0.25) is 4.98 Å². The highest BCUT2D eigenvalue weighted by Gasteiger charge is 2.23. The number of rotatable bonds is 2. The topological polar surface area (TPSA) is 22.1 Å². The molecule has 2 rings (SSSR count). The number of hydrogen-bond acceptors (Lipinski definition) is 2. The van der Waals surface area contributed by atoms with Crippen LogP contribution in [0.4, 0.5) is 0 Å². The van der Waals surface area contributed by atoms with Crippen LogP contribution in [-0.2, 0) is 10.8 Å². The Morgan fingerprint density at radius 3 is 2.05 bits per heavy atom. The lowest BCUT2D eigenvalue weighted by atomic mass is 9.81. The Bertz CT molecular complexity index is 672. The average molecular weight is 299 g/mol. The molecule has 0 saturated heterocycles. The van der Waals surface area contributed by atoms with Crippen molar-refractivity contribution in [3.05, 3.63) is 35.5 Å². The zero-order valence-electron chi connectivity index (χ0n) is 15.2. The summed E-state index contributed by atoms with van der Waals surface area (Å²) in [5.41, 5.74) is 3.63. The van der Waals surface area contributed by atoms with Gasteiger partial charge in [0.2, 0.25) is 0 Å². The third kappa shape index (κ3) is 3.60. The molecule has 0 N–H and O–H groups in total. The van der Waals surface area contributed by atoms with Gasteiger partial charge in [0.15, 0.2) is 0 Å². The summed E-state index contributed by atoms with van der Waals surface area (Å²) >= 11 is 0. The predicted octanol–water partition coefficient (Wildman–Crippen LogP) is 5.62. The molecule has 0 unspecified atom stereocenters. The normalized spacial score (nSPS) is 13.0. The first kappa shape index (κ1) is 16.8. The maximum absolute atomic E-state index is 5.86. The van der Waals surface area contributed by atoms with Crippen molar-refractivity contribution in [3.8, 4) is 5.75 Å². The summed E-state index contributed by atoms with van der Waals surface area (Å²) in [6.45, 7) is 17.5. The molecular weight excluding hydrogens is 270 g/mol. The predicted molar refractivity (Wildman–Crippen MR) is 94.9 cm³/mol. The molecule has 2 nitrogen and oxygen atoms in total. The van der Waals surface area contributed by atoms with Crippen molar-refractivity contribution in [2.45, 2.75) is 72.3 Å². The van der Waals surface area contributed by atoms with Crippen molar-refractivity contribution < 1.29 is 4.74 Å². The second kappa shape index (κ2) is 5.57. The van der Waals surface area contributed by atoms with Gasteiger partial charge in [-0.2, -0.15) is 0 Å². The molecule has 0 saturated carbocycles. The van der Waals surface area contributed by atoms with Crippen LogP contribution in [0, 0.1) is 0 Å². The van der Waals surface area contributed by atoms with E-state index in [0.717, 1.165) is 17.0 Å². The molecule has 0 aliphatic heterocycles. The highest BCUT2D eigenvalue weighted by molar-refractivity contribution is 5.85. The molecule has 2 heteroatoms. The van der Waals surface area contributed by atoms with Crippen LogP contribution in [0.3, 0.4) is 0 Å². The highest BCUT2D eigenvalue weighted by Crippen LogP contribution is 2.35. The summed E-state index contributed by atoms with van der Waals surface area (Å²) in [6.07, 6.45) is 0.178. The third-order valence-electron chi connectivity index (χ3n) is 3.73. The molecule has 1 aromatic carbocycles. The average Bonchev–Trinajstić information content (AvgIpc) is 2.34. The number of nitrogens with zero attached hydrogens (tertiary/aromatic N) is 1. The molecular formula is C20H29NO. The van der Waals surface area contributed by atoms with Gasteiger partial charge in [-0.25, -0.2) is 0 Å². The van der Waals surface area contributed by atoms with Crippen LogP contribution in [0.25, 0.3) is 10.9 Å². The summed E-state index contributed by atoms with van der Waals surface area (Å²) in [5.74, 6) is 0.915. The first-order valence-electron chi connectivity index (χ1n) is 8.11. The number of benzene rings is 1. The quantitative estimate of drug-likeness (QED) is 0.718. The van der Waals surface area contributed by atoms with Crippen LogP contribution >= 0.6 is 0 Å². The first-order valence-corrected chi connectivity index (χ1v) is 8.11. The van der Waals surface area contributed by atoms with E-state index in [0.29, 0.717) is 0 Å². The molecule has 22 heavy (non-hydrogen) atoms. The SMILES string of the molecule is CC(C)Oc1ccc2nc(C(C)(C)C)cc(C(C)(C)C)c2c1. The van der Waals surface area contributed by atoms with Crippen LogP contribution in [0.5, 0.6) is 5.75 Å². The van der Waals surface area contributed by atoms with Gasteiger partial charge in [-0.1, -0.05) is 41.5 Å². The van der Waals surface area contributed by atoms with Crippen molar-refractivity contribution >= 4 is 10.9 Å². The number of aromatic nitrogens is 1. The van der Waals surface area contributed by atoms with Gasteiger partial charge >= 0.3 is 0 Å². The van der Waals surface area contributed by atoms with Crippen LogP contribution in [0.1, 0.15) is 66.6 Å². The Morgan fingerprint density at radius 1 is 0.909 bits per heavy atom. The lowest BCUT2D eigenvalue weighted by Gasteiger charge is -2.26. The van der Waals surface area contributed by atoms with Crippen molar-refractivity contribution in [2.24, 2.45) is 0 Å². The second-order valence-electron chi connectivity index (χ2n) is 8.40. The minimum atomic E-state index is 0.0430. The summed E-state index contributed by atoms with van der Waals surface area (Å²) < 4.78 is 5.86. The zero-order valence-corrected chi connectivity index (χ0v) is 15.2. The van der Waals surface area contributed by atoms with E-state index in [9.17, 15) is 0 Å². The largest absolute Gasteiger partial charge is 0.491 e. The van der Waals surface area contributed by atoms with E-state index in [4.69, 9.17) is 9.72 Å². The molecule has 1 aromatic heterocycles. The molecule has 0 radical (unpaired) electrons. The van der Waals surface area contributed by atoms with Gasteiger partial charge in [0.05, 0.1) is 11.6 Å². The van der Waals surface area contributed by atoms with Gasteiger partial charge in [0.1, 0.15) is 5.75 Å². The summed E-state index contributed by atoms with van der Waals surface area (Å²) in [6, 6.07) is 8.50. The van der Waals surface area contributed by atoms with Gasteiger partial charge < -0.3 is 4.74 Å². The maximum atomic E-state index is 5.86. The van der Waals surface area contributed by atoms with E-state index in [2.05, 4.69) is 73.6 Å². The van der Waals surface area contributed by atoms with E-state index in [1.165, 1.54) is 10.9 Å². The third-order valence-corrected chi connectivity index (χ3v) is 3.73. The second-order valence-corrected chi connectivity index (χ2v) is 8.40. The number of fused-ring (bicyclic) bond motifs is 1. The van der Waals surface area contributed by atoms with Crippen LogP contribution in [0.15, 0.2) is 24.3 Å². The van der Waals surface area contributed by atoms with E-state index in [-0.39, 0.29) is 16.9 Å². The summed E-state index contributed by atoms with van der Waals surface area (Å²) in [5, 5.41) is 1.19. The van der Waals surface area contributed by atoms with E-state index in [1.54, 1.807) is 0 Å². The Labute approximate surface area is 134 Å². The minimum Gasteiger partial charge on any atom is -0.491 e. The smallest absolute Gasteiger partial charge is 0.120 e. The summed E-state index contributed by atoms with van der Waals surface area (Å²) in [7, 11) is 0. The fourth-order valence-corrected chi connectivity index (χ4v) is 2.56. The van der Waals surface area contributed by atoms with Crippen LogP contribution < -0.4 is 4.74 Å². The Balaban J connectivity index is 2.72. The molecule has 0 fully saturated rings. The summed E-state index contributed by atoms with van der Waals surface area (Å²) in [4.78, 5) is 4.89. The van der Waals surface area contributed by atoms with Gasteiger partial charge in [-0.05, 0) is 49.1 Å². The maximum Gasteiger partial charge on any atom is 0.120 e. The van der Waals surface area contributed by atoms with Crippen molar-refractivity contribution in [2.75, 3.05) is 0 Å². The highest BCUT2D eigenvalue weighted by atomic mass is 16.5. The minimum absolute atomic E-state index is 0.0430. The van der Waals surface area contributed by atoms with Crippen molar-refractivity contribution in [1.29, 1.82) is 0 Å². The van der Waals surface area contributed by atoms with E-state index >= 15 is 0 Å². The van der Waals surface area contributed by atoms with Crippen molar-refractivity contribution in [1.82, 2.24) is 4.98 Å². The molecule has 120 valence electrons.